The molecule has 0 aliphatic heterocycles. The van der Waals surface area contributed by atoms with Crippen LogP contribution < -0.4 is 0 Å². The highest BCUT2D eigenvalue weighted by atomic mass is 15.0. The van der Waals surface area contributed by atoms with E-state index in [1.807, 2.05) is 18.2 Å². The van der Waals surface area contributed by atoms with Crippen LogP contribution in [-0.4, -0.2) is 15.0 Å². The predicted octanol–water partition coefficient (Wildman–Crippen LogP) is 9.90. The van der Waals surface area contributed by atoms with E-state index in [0.717, 1.165) is 23.1 Å². The van der Waals surface area contributed by atoms with Crippen LogP contribution in [0.25, 0.3) is 77.6 Å². The number of rotatable bonds is 3. The predicted molar refractivity (Wildman–Crippen MR) is 177 cm³/mol. The minimum absolute atomic E-state index is 0.670. The van der Waals surface area contributed by atoms with E-state index < -0.39 is 0 Å². The Balaban J connectivity index is 1.27. The summed E-state index contributed by atoms with van der Waals surface area (Å²) in [6, 6.07) is 49.4. The molecule has 3 heteroatoms. The Kier molecular flexibility index (Phi) is 5.26. The van der Waals surface area contributed by atoms with Gasteiger partial charge in [0.05, 0.1) is 0 Å². The lowest BCUT2D eigenvalue weighted by Crippen LogP contribution is -2.00. The molecule has 1 aromatic heterocycles. The Morgan fingerprint density at radius 2 is 0.814 bits per heavy atom. The molecule has 1 aliphatic rings. The summed E-state index contributed by atoms with van der Waals surface area (Å²) < 4.78 is 0. The molecule has 0 spiro atoms. The minimum Gasteiger partial charge on any atom is -0.208 e. The van der Waals surface area contributed by atoms with Crippen molar-refractivity contribution in [2.75, 3.05) is 0 Å². The van der Waals surface area contributed by atoms with E-state index in [-0.39, 0.29) is 0 Å². The zero-order chi connectivity index (χ0) is 28.3. The second-order valence-corrected chi connectivity index (χ2v) is 11.2. The molecule has 3 nitrogen and oxygen atoms in total. The third-order valence-electron chi connectivity index (χ3n) is 8.73. The topological polar surface area (TPSA) is 38.7 Å². The standard InChI is InChI=1S/C40H25N3/c1-2-10-25(11-3-1)38-41-39(28-19-18-27-22-26-12-4-5-13-30(26)36(27)23-28)43-40(42-38)29-20-21-35-33-16-7-6-14-31(33)32-15-8-9-17-34(32)37(35)24-29/h1-21,23-24H,22H2. The van der Waals surface area contributed by atoms with Gasteiger partial charge in [0, 0.05) is 16.7 Å². The number of hydrogen-bond acceptors (Lipinski definition) is 3. The van der Waals surface area contributed by atoms with Crippen molar-refractivity contribution in [3.8, 4) is 45.3 Å². The average Bonchev–Trinajstić information content (AvgIpc) is 3.46. The lowest BCUT2D eigenvalue weighted by Gasteiger charge is -2.13. The SMILES string of the molecule is c1ccc(-c2nc(-c3ccc4c(c3)-c3ccccc3C4)nc(-c3ccc4c5ccccc5c5ccccc5c4c3)n2)cc1. The molecule has 0 N–H and O–H groups in total. The summed E-state index contributed by atoms with van der Waals surface area (Å²) in [7, 11) is 0. The average molecular weight is 548 g/mol. The summed E-state index contributed by atoms with van der Waals surface area (Å²) in [5.74, 6) is 2.02. The summed E-state index contributed by atoms with van der Waals surface area (Å²) in [5, 5.41) is 7.43. The number of benzene rings is 7. The van der Waals surface area contributed by atoms with Crippen LogP contribution in [-0.2, 0) is 6.42 Å². The molecule has 0 saturated heterocycles. The zero-order valence-electron chi connectivity index (χ0n) is 23.3. The molecule has 200 valence electrons. The van der Waals surface area contributed by atoms with Crippen LogP contribution in [0.5, 0.6) is 0 Å². The van der Waals surface area contributed by atoms with Crippen LogP contribution in [0.1, 0.15) is 11.1 Å². The third kappa shape index (κ3) is 3.86. The molecule has 1 heterocycles. The Hall–Kier alpha value is -5.67. The van der Waals surface area contributed by atoms with Gasteiger partial charge < -0.3 is 0 Å². The lowest BCUT2D eigenvalue weighted by molar-refractivity contribution is 1.07. The molecule has 0 bridgehead atoms. The molecule has 0 fully saturated rings. The quantitative estimate of drug-likeness (QED) is 0.207. The maximum absolute atomic E-state index is 5.11. The van der Waals surface area contributed by atoms with Crippen LogP contribution >= 0.6 is 0 Å². The molecule has 0 saturated carbocycles. The maximum Gasteiger partial charge on any atom is 0.164 e. The second-order valence-electron chi connectivity index (χ2n) is 11.2. The van der Waals surface area contributed by atoms with Crippen LogP contribution in [0.2, 0.25) is 0 Å². The van der Waals surface area contributed by atoms with Crippen LogP contribution in [0, 0.1) is 0 Å². The molecular weight excluding hydrogens is 522 g/mol. The first kappa shape index (κ1) is 24.0. The number of hydrogen-bond donors (Lipinski definition) is 0. The van der Waals surface area contributed by atoms with Gasteiger partial charge in [-0.1, -0.05) is 127 Å². The van der Waals surface area contributed by atoms with Gasteiger partial charge in [0.1, 0.15) is 0 Å². The van der Waals surface area contributed by atoms with Crippen molar-refractivity contribution in [1.29, 1.82) is 0 Å². The molecule has 8 aromatic rings. The summed E-state index contributed by atoms with van der Waals surface area (Å²) in [6.07, 6.45) is 0.962. The summed E-state index contributed by atoms with van der Waals surface area (Å²) >= 11 is 0. The van der Waals surface area contributed by atoms with E-state index in [1.165, 1.54) is 54.6 Å². The summed E-state index contributed by atoms with van der Waals surface area (Å²) in [6.45, 7) is 0. The Morgan fingerprint density at radius 3 is 1.51 bits per heavy atom. The molecule has 1 aliphatic carbocycles. The van der Waals surface area contributed by atoms with Gasteiger partial charge >= 0.3 is 0 Å². The van der Waals surface area contributed by atoms with Crippen molar-refractivity contribution in [3.05, 3.63) is 151 Å². The molecule has 0 unspecified atom stereocenters. The maximum atomic E-state index is 5.11. The molecule has 0 atom stereocenters. The van der Waals surface area contributed by atoms with Crippen molar-refractivity contribution in [2.45, 2.75) is 6.42 Å². The van der Waals surface area contributed by atoms with E-state index in [2.05, 4.69) is 121 Å². The normalized spacial score (nSPS) is 12.1. The van der Waals surface area contributed by atoms with Crippen molar-refractivity contribution in [1.82, 2.24) is 15.0 Å². The van der Waals surface area contributed by atoms with Crippen LogP contribution in [0.15, 0.2) is 140 Å². The fraction of sp³-hybridized carbons (Fsp3) is 0.0250. The number of nitrogens with zero attached hydrogens (tertiary/aromatic N) is 3. The van der Waals surface area contributed by atoms with E-state index in [1.54, 1.807) is 0 Å². The van der Waals surface area contributed by atoms with Crippen LogP contribution in [0.3, 0.4) is 0 Å². The highest BCUT2D eigenvalue weighted by Gasteiger charge is 2.20. The van der Waals surface area contributed by atoms with E-state index in [9.17, 15) is 0 Å². The fourth-order valence-electron chi connectivity index (χ4n) is 6.66. The van der Waals surface area contributed by atoms with Gasteiger partial charge in [-0.15, -0.1) is 0 Å². The van der Waals surface area contributed by atoms with Gasteiger partial charge in [-0.25, -0.2) is 15.0 Å². The largest absolute Gasteiger partial charge is 0.208 e. The van der Waals surface area contributed by atoms with Crippen LogP contribution in [0.4, 0.5) is 0 Å². The van der Waals surface area contributed by atoms with Crippen molar-refractivity contribution >= 4 is 32.3 Å². The highest BCUT2D eigenvalue weighted by molar-refractivity contribution is 6.25. The molecular formula is C40H25N3. The zero-order valence-corrected chi connectivity index (χ0v) is 23.3. The first-order chi connectivity index (χ1) is 21.3. The molecule has 7 aromatic carbocycles. The van der Waals surface area contributed by atoms with E-state index in [0.29, 0.717) is 17.5 Å². The van der Waals surface area contributed by atoms with Gasteiger partial charge in [-0.3, -0.25) is 0 Å². The smallest absolute Gasteiger partial charge is 0.164 e. The number of aromatic nitrogens is 3. The Morgan fingerprint density at radius 1 is 0.326 bits per heavy atom. The van der Waals surface area contributed by atoms with E-state index >= 15 is 0 Å². The second kappa shape index (κ2) is 9.43. The van der Waals surface area contributed by atoms with Gasteiger partial charge in [-0.05, 0) is 73.1 Å². The first-order valence-corrected chi connectivity index (χ1v) is 14.7. The minimum atomic E-state index is 0.670. The summed E-state index contributed by atoms with van der Waals surface area (Å²) in [5.41, 5.74) is 8.21. The van der Waals surface area contributed by atoms with Gasteiger partial charge in [0.15, 0.2) is 17.5 Å². The van der Waals surface area contributed by atoms with Gasteiger partial charge in [0.2, 0.25) is 0 Å². The lowest BCUT2D eigenvalue weighted by atomic mass is 9.93. The van der Waals surface area contributed by atoms with Gasteiger partial charge in [-0.2, -0.15) is 0 Å². The summed E-state index contributed by atoms with van der Waals surface area (Å²) in [4.78, 5) is 15.2. The first-order valence-electron chi connectivity index (χ1n) is 14.7. The monoisotopic (exact) mass is 547 g/mol. The van der Waals surface area contributed by atoms with E-state index in [4.69, 9.17) is 15.0 Å². The highest BCUT2D eigenvalue weighted by Crippen LogP contribution is 2.40. The van der Waals surface area contributed by atoms with Crippen molar-refractivity contribution < 1.29 is 0 Å². The number of fused-ring (bicyclic) bond motifs is 9. The van der Waals surface area contributed by atoms with Crippen molar-refractivity contribution in [3.63, 3.8) is 0 Å². The van der Waals surface area contributed by atoms with Crippen molar-refractivity contribution in [2.24, 2.45) is 0 Å². The molecule has 43 heavy (non-hydrogen) atoms. The molecule has 0 amide bonds. The fourth-order valence-corrected chi connectivity index (χ4v) is 6.66. The third-order valence-corrected chi connectivity index (χ3v) is 8.73. The van der Waals surface area contributed by atoms with Gasteiger partial charge in [0.25, 0.3) is 0 Å². The Bertz CT molecular complexity index is 2340. The Labute approximate surface area is 249 Å². The molecule has 0 radical (unpaired) electrons. The molecule has 9 rings (SSSR count).